The summed E-state index contributed by atoms with van der Waals surface area (Å²) in [6.45, 7) is 10.8. The van der Waals surface area contributed by atoms with Crippen LogP contribution in [0.2, 0.25) is 0 Å². The summed E-state index contributed by atoms with van der Waals surface area (Å²) in [7, 11) is 1.92. The highest BCUT2D eigenvalue weighted by Crippen LogP contribution is 2.24. The van der Waals surface area contributed by atoms with Gasteiger partial charge in [0.2, 0.25) is 0 Å². The standard InChI is InChI=1S/C27H37N5O4/c1-5-36-26(34)20-31-16-14-30(15-17-31)18-19-32(4,22(3)33)24-12-10-23(11-13-24)28-27(35)29-25-9-7-6-8-21(25)2/h6-13H,5,14-20H2,1-4H3,(H-,28,29,35)/p+1. The van der Waals surface area contributed by atoms with E-state index in [2.05, 4.69) is 20.4 Å². The van der Waals surface area contributed by atoms with Gasteiger partial charge in [-0.05, 0) is 37.6 Å². The maximum atomic E-state index is 12.7. The number of urea groups is 1. The lowest BCUT2D eigenvalue weighted by molar-refractivity contribution is -0.144. The van der Waals surface area contributed by atoms with Crippen LogP contribution in [0.4, 0.5) is 21.9 Å². The first kappa shape index (κ1) is 27.3. The summed E-state index contributed by atoms with van der Waals surface area (Å²) in [5, 5.41) is 5.70. The number of carbonyl (C=O) groups is 3. The van der Waals surface area contributed by atoms with Crippen LogP contribution >= 0.6 is 0 Å². The quantitative estimate of drug-likeness (QED) is 0.409. The molecular formula is C27H38N5O4+. The predicted molar refractivity (Wildman–Crippen MR) is 143 cm³/mol. The van der Waals surface area contributed by atoms with E-state index in [9.17, 15) is 14.4 Å². The monoisotopic (exact) mass is 496 g/mol. The van der Waals surface area contributed by atoms with Gasteiger partial charge in [-0.1, -0.05) is 18.2 Å². The second kappa shape index (κ2) is 12.6. The van der Waals surface area contributed by atoms with Crippen molar-refractivity contribution in [3.63, 3.8) is 0 Å². The van der Waals surface area contributed by atoms with E-state index < -0.39 is 0 Å². The summed E-state index contributed by atoms with van der Waals surface area (Å²) in [5.74, 6) is -0.133. The first-order valence-electron chi connectivity index (χ1n) is 12.4. The van der Waals surface area contributed by atoms with Crippen molar-refractivity contribution in [2.45, 2.75) is 20.8 Å². The van der Waals surface area contributed by atoms with E-state index >= 15 is 0 Å². The molecule has 2 aromatic rings. The Hall–Kier alpha value is -3.27. The first-order valence-corrected chi connectivity index (χ1v) is 12.4. The lowest BCUT2D eigenvalue weighted by atomic mass is 10.2. The number of hydrogen-bond acceptors (Lipinski definition) is 6. The van der Waals surface area contributed by atoms with Gasteiger partial charge in [0.25, 0.3) is 0 Å². The highest BCUT2D eigenvalue weighted by atomic mass is 16.5. The van der Waals surface area contributed by atoms with Crippen LogP contribution in [0.3, 0.4) is 0 Å². The van der Waals surface area contributed by atoms with Crippen molar-refractivity contribution in [2.75, 3.05) is 70.1 Å². The summed E-state index contributed by atoms with van der Waals surface area (Å²) in [6, 6.07) is 14.7. The number of carbonyl (C=O) groups excluding carboxylic acids is 3. The Morgan fingerprint density at radius 1 is 0.944 bits per heavy atom. The van der Waals surface area contributed by atoms with Gasteiger partial charge >= 0.3 is 17.9 Å². The summed E-state index contributed by atoms with van der Waals surface area (Å²) >= 11 is 0. The number of ether oxygens (including phenoxy) is 1. The number of piperazine rings is 1. The molecule has 9 nitrogen and oxygen atoms in total. The van der Waals surface area contributed by atoms with Crippen molar-refractivity contribution < 1.29 is 19.1 Å². The third kappa shape index (κ3) is 7.36. The summed E-state index contributed by atoms with van der Waals surface area (Å²) in [4.78, 5) is 41.2. The van der Waals surface area contributed by atoms with Crippen LogP contribution in [0, 0.1) is 6.92 Å². The molecule has 2 aromatic carbocycles. The average Bonchev–Trinajstić information content (AvgIpc) is 2.85. The number of nitrogens with zero attached hydrogens (tertiary/aromatic N) is 3. The molecule has 9 heteroatoms. The fourth-order valence-corrected chi connectivity index (χ4v) is 4.24. The number of para-hydroxylation sites is 1. The molecule has 1 atom stereocenters. The maximum Gasteiger partial charge on any atom is 0.323 e. The van der Waals surface area contributed by atoms with Crippen molar-refractivity contribution >= 4 is 35.0 Å². The molecule has 3 rings (SSSR count). The average molecular weight is 497 g/mol. The van der Waals surface area contributed by atoms with Gasteiger partial charge in [-0.3, -0.25) is 14.6 Å². The van der Waals surface area contributed by atoms with E-state index in [0.717, 1.165) is 49.7 Å². The maximum absolute atomic E-state index is 12.7. The Labute approximate surface area is 213 Å². The van der Waals surface area contributed by atoms with Crippen molar-refractivity contribution in [1.29, 1.82) is 0 Å². The van der Waals surface area contributed by atoms with E-state index in [1.54, 1.807) is 6.92 Å². The van der Waals surface area contributed by atoms with Crippen molar-refractivity contribution in [3.05, 3.63) is 54.1 Å². The molecule has 0 radical (unpaired) electrons. The van der Waals surface area contributed by atoms with Gasteiger partial charge < -0.3 is 15.4 Å². The van der Waals surface area contributed by atoms with Crippen LogP contribution in [0.15, 0.2) is 48.5 Å². The Balaban J connectivity index is 1.54. The van der Waals surface area contributed by atoms with Crippen molar-refractivity contribution in [1.82, 2.24) is 14.3 Å². The van der Waals surface area contributed by atoms with Crippen LogP contribution in [-0.2, 0) is 14.3 Å². The number of likely N-dealkylation sites (N-methyl/N-ethyl adjacent to an activating group) is 1. The van der Waals surface area contributed by atoms with Crippen LogP contribution in [0.1, 0.15) is 19.4 Å². The molecule has 3 amide bonds. The summed E-state index contributed by atoms with van der Waals surface area (Å²) < 4.78 is 5.20. The molecule has 1 saturated heterocycles. The van der Waals surface area contributed by atoms with Gasteiger partial charge in [-0.15, -0.1) is 0 Å². The molecule has 0 aromatic heterocycles. The number of esters is 1. The molecule has 0 spiro atoms. The SMILES string of the molecule is CCOC(=O)CN1CCN(CC[N+](C)(C(C)=O)c2ccc(NC(=O)Nc3ccccc3C)cc2)CC1. The van der Waals surface area contributed by atoms with E-state index in [4.69, 9.17) is 4.74 Å². The molecule has 0 aliphatic carbocycles. The normalized spacial score (nSPS) is 16.1. The molecular weight excluding hydrogens is 458 g/mol. The molecule has 1 aliphatic rings. The smallest absolute Gasteiger partial charge is 0.323 e. The molecule has 36 heavy (non-hydrogen) atoms. The summed E-state index contributed by atoms with van der Waals surface area (Å²) in [5.41, 5.74) is 3.26. The van der Waals surface area contributed by atoms with Crippen LogP contribution in [-0.4, -0.2) is 87.2 Å². The van der Waals surface area contributed by atoms with E-state index in [1.165, 1.54) is 0 Å². The lowest BCUT2D eigenvalue weighted by Gasteiger charge is -2.37. The van der Waals surface area contributed by atoms with Gasteiger partial charge in [0.1, 0.15) is 12.2 Å². The Morgan fingerprint density at radius 3 is 2.19 bits per heavy atom. The number of nitrogens with one attached hydrogen (secondary N) is 2. The zero-order valence-electron chi connectivity index (χ0n) is 21.8. The highest BCUT2D eigenvalue weighted by molar-refractivity contribution is 6.00. The van der Waals surface area contributed by atoms with E-state index in [1.807, 2.05) is 69.4 Å². The van der Waals surface area contributed by atoms with E-state index in [0.29, 0.717) is 25.4 Å². The first-order chi connectivity index (χ1) is 17.2. The number of amides is 3. The number of quaternary nitrogens is 1. The minimum atomic E-state index is -0.317. The van der Waals surface area contributed by atoms with Gasteiger partial charge in [0, 0.05) is 56.2 Å². The topological polar surface area (TPSA) is 91.0 Å². The number of hydrogen-bond donors (Lipinski definition) is 2. The molecule has 1 unspecified atom stereocenters. The largest absolute Gasteiger partial charge is 0.465 e. The second-order valence-electron chi connectivity index (χ2n) is 9.30. The fourth-order valence-electron chi connectivity index (χ4n) is 4.24. The number of benzene rings is 2. The van der Waals surface area contributed by atoms with Crippen LogP contribution < -0.4 is 15.1 Å². The van der Waals surface area contributed by atoms with Gasteiger partial charge in [-0.25, -0.2) is 14.1 Å². The van der Waals surface area contributed by atoms with Crippen molar-refractivity contribution in [2.24, 2.45) is 0 Å². The highest BCUT2D eigenvalue weighted by Gasteiger charge is 2.32. The predicted octanol–water partition coefficient (Wildman–Crippen LogP) is 3.30. The van der Waals surface area contributed by atoms with Crippen molar-refractivity contribution in [3.8, 4) is 0 Å². The fraction of sp³-hybridized carbons (Fsp3) is 0.444. The molecule has 1 heterocycles. The number of rotatable bonds is 9. The number of aryl methyl sites for hydroxylation is 1. The molecule has 2 N–H and O–H groups in total. The molecule has 1 fully saturated rings. The molecule has 0 saturated carbocycles. The van der Waals surface area contributed by atoms with Crippen LogP contribution in [0.25, 0.3) is 0 Å². The second-order valence-corrected chi connectivity index (χ2v) is 9.30. The number of anilines is 2. The molecule has 1 aliphatic heterocycles. The van der Waals surface area contributed by atoms with Gasteiger partial charge in [0.05, 0.1) is 27.1 Å². The zero-order chi connectivity index (χ0) is 26.1. The van der Waals surface area contributed by atoms with Crippen LogP contribution in [0.5, 0.6) is 0 Å². The lowest BCUT2D eigenvalue weighted by Crippen LogP contribution is -2.55. The summed E-state index contributed by atoms with van der Waals surface area (Å²) in [6.07, 6.45) is 0. The third-order valence-electron chi connectivity index (χ3n) is 6.77. The molecule has 0 bridgehead atoms. The Kier molecular flexibility index (Phi) is 9.58. The third-order valence-corrected chi connectivity index (χ3v) is 6.77. The Bertz CT molecular complexity index is 1050. The van der Waals surface area contributed by atoms with E-state index in [-0.39, 0.29) is 22.4 Å². The Morgan fingerprint density at radius 2 is 1.58 bits per heavy atom. The van der Waals surface area contributed by atoms with Gasteiger partial charge in [0.15, 0.2) is 0 Å². The minimum Gasteiger partial charge on any atom is -0.465 e. The van der Waals surface area contributed by atoms with Gasteiger partial charge in [-0.2, -0.15) is 0 Å². The zero-order valence-corrected chi connectivity index (χ0v) is 21.8. The molecule has 194 valence electrons. The minimum absolute atomic E-state index is 0.0500.